The summed E-state index contributed by atoms with van der Waals surface area (Å²) in [7, 11) is 0. The number of carbonyl (C=O) groups is 3. The Labute approximate surface area is 204 Å². The summed E-state index contributed by atoms with van der Waals surface area (Å²) in [6.07, 6.45) is 2.41. The van der Waals surface area contributed by atoms with Gasteiger partial charge in [0.1, 0.15) is 0 Å². The van der Waals surface area contributed by atoms with Gasteiger partial charge in [0.05, 0.1) is 28.9 Å². The fraction of sp³-hybridized carbons (Fsp3) is 0.333. The minimum absolute atomic E-state index is 0.100. The number of para-hydroxylation sites is 2. The molecule has 8 heteroatoms. The number of imidazole rings is 1. The maximum absolute atomic E-state index is 13.5. The fourth-order valence-corrected chi connectivity index (χ4v) is 4.25. The lowest BCUT2D eigenvalue weighted by Crippen LogP contribution is -2.49. The Kier molecular flexibility index (Phi) is 8.92. The van der Waals surface area contributed by atoms with Gasteiger partial charge < -0.3 is 10.3 Å². The first kappa shape index (κ1) is 25.8. The number of H-pyrrole nitrogens is 1. The van der Waals surface area contributed by atoms with Crippen LogP contribution in [0.4, 0.5) is 0 Å². The van der Waals surface area contributed by atoms with Crippen molar-refractivity contribution in [1.82, 2.24) is 20.8 Å². The molecule has 2 amide bonds. The van der Waals surface area contributed by atoms with E-state index in [1.54, 1.807) is 17.6 Å². The average molecular weight is 477 g/mol. The minimum Gasteiger partial charge on any atom is -0.345 e. The summed E-state index contributed by atoms with van der Waals surface area (Å²) in [5.74, 6) is -2.77. The predicted molar refractivity (Wildman–Crippen MR) is 134 cm³/mol. The van der Waals surface area contributed by atoms with Crippen LogP contribution in [0.3, 0.4) is 0 Å². The Morgan fingerprint density at radius 1 is 1.03 bits per heavy atom. The Morgan fingerprint density at radius 2 is 1.71 bits per heavy atom. The molecule has 35 heavy (non-hydrogen) atoms. The molecule has 0 aliphatic heterocycles. The molecule has 3 atom stereocenters. The van der Waals surface area contributed by atoms with Crippen molar-refractivity contribution in [3.8, 4) is 0 Å². The van der Waals surface area contributed by atoms with E-state index in [1.165, 1.54) is 0 Å². The number of nitrogens with zero attached hydrogens (tertiary/aromatic N) is 1. The molecule has 8 nitrogen and oxygen atoms in total. The molecule has 0 saturated carbocycles. The fourth-order valence-electron chi connectivity index (χ4n) is 4.25. The number of hydrogen-bond donors (Lipinski definition) is 4. The van der Waals surface area contributed by atoms with E-state index in [4.69, 9.17) is 0 Å². The van der Waals surface area contributed by atoms with Crippen molar-refractivity contribution in [1.29, 1.82) is 0 Å². The predicted octanol–water partition coefficient (Wildman–Crippen LogP) is 3.83. The van der Waals surface area contributed by atoms with Crippen molar-refractivity contribution >= 4 is 28.6 Å². The number of carbonyl (C=O) groups excluding carboxylic acids is 3. The molecular weight excluding hydrogens is 444 g/mol. The first-order valence-corrected chi connectivity index (χ1v) is 11.7. The summed E-state index contributed by atoms with van der Waals surface area (Å²) in [5, 5.41) is 12.1. The van der Waals surface area contributed by atoms with E-state index in [2.05, 4.69) is 21.9 Å². The number of amides is 2. The third-order valence-electron chi connectivity index (χ3n) is 5.95. The van der Waals surface area contributed by atoms with Gasteiger partial charge in [0.25, 0.3) is 0 Å². The van der Waals surface area contributed by atoms with Crippen LogP contribution in [0.5, 0.6) is 0 Å². The van der Waals surface area contributed by atoms with E-state index >= 15 is 0 Å². The van der Waals surface area contributed by atoms with Gasteiger partial charge in [-0.2, -0.15) is 0 Å². The molecule has 1 heterocycles. The summed E-state index contributed by atoms with van der Waals surface area (Å²) in [5.41, 5.74) is 3.92. The van der Waals surface area contributed by atoms with Gasteiger partial charge in [0.15, 0.2) is 5.82 Å². The number of allylic oxidation sites excluding steroid dienone is 1. The Hall–Kier alpha value is -3.78. The van der Waals surface area contributed by atoms with E-state index in [0.717, 1.165) is 11.1 Å². The summed E-state index contributed by atoms with van der Waals surface area (Å²) in [4.78, 5) is 46.9. The van der Waals surface area contributed by atoms with Gasteiger partial charge in [0, 0.05) is 6.42 Å². The van der Waals surface area contributed by atoms with Crippen molar-refractivity contribution in [3.63, 3.8) is 0 Å². The number of nitrogens with one attached hydrogen (secondary N) is 3. The van der Waals surface area contributed by atoms with Crippen molar-refractivity contribution in [2.24, 2.45) is 17.8 Å². The van der Waals surface area contributed by atoms with E-state index in [-0.39, 0.29) is 30.4 Å². The van der Waals surface area contributed by atoms with E-state index in [0.29, 0.717) is 11.9 Å². The molecule has 184 valence electrons. The van der Waals surface area contributed by atoms with E-state index < -0.39 is 29.7 Å². The van der Waals surface area contributed by atoms with Gasteiger partial charge >= 0.3 is 0 Å². The molecular formula is C27H32N4O4. The highest BCUT2D eigenvalue weighted by Gasteiger charge is 2.36. The molecule has 0 radical (unpaired) electrons. The SMILES string of the molecule is C=CC[C@H](C(=O)NO)[C@@H](CC(C)C)C(=O)NC(Cc1ccccc1)C(=O)c1nc2ccccc2[nH]1. The number of hydrogen-bond acceptors (Lipinski definition) is 5. The molecule has 0 saturated heterocycles. The summed E-state index contributed by atoms with van der Waals surface area (Å²) >= 11 is 0. The number of aromatic nitrogens is 2. The lowest BCUT2D eigenvalue weighted by molar-refractivity contribution is -0.140. The van der Waals surface area contributed by atoms with Crippen molar-refractivity contribution < 1.29 is 19.6 Å². The number of aromatic amines is 1. The van der Waals surface area contributed by atoms with Gasteiger partial charge in [-0.3, -0.25) is 19.6 Å². The molecule has 1 unspecified atom stereocenters. The zero-order valence-corrected chi connectivity index (χ0v) is 20.0. The standard InChI is InChI=1S/C27H32N4O4/c1-4-10-19(27(34)31-35)20(15-17(2)3)26(33)30-23(16-18-11-6-5-7-12-18)24(32)25-28-21-13-8-9-14-22(21)29-25/h4-9,11-14,17,19-20,23,35H,1,10,15-16H2,2-3H3,(H,28,29)(H,30,33)(H,31,34)/t19-,20+,23?/m0/s1. The van der Waals surface area contributed by atoms with Gasteiger partial charge in [-0.05, 0) is 36.5 Å². The smallest absolute Gasteiger partial charge is 0.247 e. The number of hydroxylamine groups is 1. The number of ketones is 1. The molecule has 4 N–H and O–H groups in total. The first-order chi connectivity index (χ1) is 16.8. The van der Waals surface area contributed by atoms with E-state index in [1.807, 2.05) is 62.4 Å². The Morgan fingerprint density at radius 3 is 2.34 bits per heavy atom. The maximum atomic E-state index is 13.5. The van der Waals surface area contributed by atoms with Crippen LogP contribution in [0.15, 0.2) is 67.3 Å². The second-order valence-electron chi connectivity index (χ2n) is 9.06. The monoisotopic (exact) mass is 476 g/mol. The molecule has 2 aromatic carbocycles. The lowest BCUT2D eigenvalue weighted by atomic mass is 9.82. The van der Waals surface area contributed by atoms with Crippen LogP contribution in [-0.2, 0) is 16.0 Å². The largest absolute Gasteiger partial charge is 0.345 e. The van der Waals surface area contributed by atoms with Crippen molar-refractivity contribution in [3.05, 3.63) is 78.6 Å². The summed E-state index contributed by atoms with van der Waals surface area (Å²) in [6, 6.07) is 15.8. The zero-order chi connectivity index (χ0) is 25.4. The summed E-state index contributed by atoms with van der Waals surface area (Å²) < 4.78 is 0. The van der Waals surface area contributed by atoms with Crippen LogP contribution in [0.25, 0.3) is 11.0 Å². The molecule has 1 aromatic heterocycles. The Balaban J connectivity index is 1.93. The molecule has 0 spiro atoms. The first-order valence-electron chi connectivity index (χ1n) is 11.7. The van der Waals surface area contributed by atoms with Crippen LogP contribution in [0.2, 0.25) is 0 Å². The van der Waals surface area contributed by atoms with Gasteiger partial charge in [0.2, 0.25) is 17.6 Å². The molecule has 0 bridgehead atoms. The highest BCUT2D eigenvalue weighted by molar-refractivity contribution is 6.02. The highest BCUT2D eigenvalue weighted by Crippen LogP contribution is 2.25. The molecule has 3 aromatic rings. The normalized spacial score (nSPS) is 13.7. The Bertz CT molecular complexity index is 1140. The zero-order valence-electron chi connectivity index (χ0n) is 20.0. The van der Waals surface area contributed by atoms with Crippen LogP contribution < -0.4 is 10.8 Å². The van der Waals surface area contributed by atoms with Crippen LogP contribution in [-0.4, -0.2) is 38.8 Å². The second-order valence-corrected chi connectivity index (χ2v) is 9.06. The quantitative estimate of drug-likeness (QED) is 0.137. The van der Waals surface area contributed by atoms with Crippen LogP contribution in [0.1, 0.15) is 42.9 Å². The number of Topliss-reactive ketones (excluding diaryl/α,β-unsaturated/α-hetero) is 1. The lowest BCUT2D eigenvalue weighted by Gasteiger charge is -2.27. The summed E-state index contributed by atoms with van der Waals surface area (Å²) in [6.45, 7) is 7.58. The third kappa shape index (κ3) is 6.64. The second kappa shape index (κ2) is 12.1. The highest BCUT2D eigenvalue weighted by atomic mass is 16.5. The number of benzene rings is 2. The van der Waals surface area contributed by atoms with Crippen LogP contribution >= 0.6 is 0 Å². The van der Waals surface area contributed by atoms with E-state index in [9.17, 15) is 19.6 Å². The van der Waals surface area contributed by atoms with Crippen molar-refractivity contribution in [2.75, 3.05) is 0 Å². The van der Waals surface area contributed by atoms with Gasteiger partial charge in [-0.25, -0.2) is 10.5 Å². The maximum Gasteiger partial charge on any atom is 0.247 e. The van der Waals surface area contributed by atoms with Gasteiger partial charge in [-0.15, -0.1) is 6.58 Å². The van der Waals surface area contributed by atoms with Gasteiger partial charge in [-0.1, -0.05) is 62.4 Å². The van der Waals surface area contributed by atoms with Crippen molar-refractivity contribution in [2.45, 2.75) is 39.2 Å². The molecule has 0 fully saturated rings. The third-order valence-corrected chi connectivity index (χ3v) is 5.95. The molecule has 0 aliphatic carbocycles. The number of fused-ring (bicyclic) bond motifs is 1. The topological polar surface area (TPSA) is 124 Å². The minimum atomic E-state index is -0.901. The molecule has 3 rings (SSSR count). The average Bonchev–Trinajstić information content (AvgIpc) is 3.29. The van der Waals surface area contributed by atoms with Crippen LogP contribution in [0, 0.1) is 17.8 Å². The number of rotatable bonds is 12. The molecule has 0 aliphatic rings.